The fourth-order valence-corrected chi connectivity index (χ4v) is 2.31. The van der Waals surface area contributed by atoms with Crippen molar-refractivity contribution < 1.29 is 9.18 Å². The number of aromatic nitrogens is 1. The van der Waals surface area contributed by atoms with Crippen LogP contribution in [-0.2, 0) is 4.79 Å². The molecule has 0 saturated carbocycles. The van der Waals surface area contributed by atoms with E-state index in [1.54, 1.807) is 49.6 Å². The standard InChI is InChI=1S/C17H21FN4O/c1-22(2)16(14-7-3-4-8-15(14)18)17(23)21-11-10-20-13-6-5-9-19-12-13/h3-9,12,16,20H,10-11H2,1-2H3,(H,21,23)/t16-/m0/s1. The summed E-state index contributed by atoms with van der Waals surface area (Å²) in [4.78, 5) is 18.1. The van der Waals surface area contributed by atoms with Gasteiger partial charge in [0.1, 0.15) is 11.9 Å². The molecular weight excluding hydrogens is 295 g/mol. The normalized spacial score (nSPS) is 12.0. The zero-order valence-corrected chi connectivity index (χ0v) is 13.3. The lowest BCUT2D eigenvalue weighted by molar-refractivity contribution is -0.125. The lowest BCUT2D eigenvalue weighted by Gasteiger charge is -2.24. The van der Waals surface area contributed by atoms with Gasteiger partial charge in [-0.15, -0.1) is 0 Å². The van der Waals surface area contributed by atoms with Crippen molar-refractivity contribution in [1.29, 1.82) is 0 Å². The molecule has 1 amide bonds. The van der Waals surface area contributed by atoms with E-state index in [-0.39, 0.29) is 11.7 Å². The van der Waals surface area contributed by atoms with E-state index in [4.69, 9.17) is 0 Å². The molecule has 2 aromatic rings. The highest BCUT2D eigenvalue weighted by molar-refractivity contribution is 5.83. The number of hydrogen-bond acceptors (Lipinski definition) is 4. The van der Waals surface area contributed by atoms with Gasteiger partial charge in [0.2, 0.25) is 5.91 Å². The van der Waals surface area contributed by atoms with Crippen LogP contribution in [0.4, 0.5) is 10.1 Å². The van der Waals surface area contributed by atoms with Crippen LogP contribution < -0.4 is 10.6 Å². The fourth-order valence-electron chi connectivity index (χ4n) is 2.31. The van der Waals surface area contributed by atoms with Crippen LogP contribution in [0, 0.1) is 5.82 Å². The Balaban J connectivity index is 1.91. The predicted molar refractivity (Wildman–Crippen MR) is 88.6 cm³/mol. The second-order valence-electron chi connectivity index (χ2n) is 5.35. The first-order valence-electron chi connectivity index (χ1n) is 7.42. The highest BCUT2D eigenvalue weighted by Gasteiger charge is 2.25. The topological polar surface area (TPSA) is 57.3 Å². The van der Waals surface area contributed by atoms with Crippen molar-refractivity contribution in [2.24, 2.45) is 0 Å². The molecule has 23 heavy (non-hydrogen) atoms. The number of nitrogens with zero attached hydrogens (tertiary/aromatic N) is 2. The van der Waals surface area contributed by atoms with Crippen LogP contribution in [0.3, 0.4) is 0 Å². The van der Waals surface area contributed by atoms with Crippen molar-refractivity contribution in [1.82, 2.24) is 15.2 Å². The van der Waals surface area contributed by atoms with Gasteiger partial charge in [0.25, 0.3) is 0 Å². The number of carbonyl (C=O) groups is 1. The molecule has 1 aromatic heterocycles. The molecule has 1 aromatic carbocycles. The van der Waals surface area contributed by atoms with Crippen LogP contribution in [0.25, 0.3) is 0 Å². The molecule has 2 rings (SSSR count). The molecule has 0 spiro atoms. The minimum absolute atomic E-state index is 0.229. The van der Waals surface area contributed by atoms with Gasteiger partial charge in [0, 0.05) is 31.0 Å². The highest BCUT2D eigenvalue weighted by atomic mass is 19.1. The first-order valence-corrected chi connectivity index (χ1v) is 7.42. The van der Waals surface area contributed by atoms with Crippen molar-refractivity contribution in [3.05, 3.63) is 60.2 Å². The van der Waals surface area contributed by atoms with Crippen molar-refractivity contribution >= 4 is 11.6 Å². The van der Waals surface area contributed by atoms with Crippen LogP contribution in [0.5, 0.6) is 0 Å². The first-order chi connectivity index (χ1) is 11.1. The van der Waals surface area contributed by atoms with Crippen LogP contribution in [0.2, 0.25) is 0 Å². The van der Waals surface area contributed by atoms with Crippen LogP contribution in [-0.4, -0.2) is 43.0 Å². The molecule has 0 aliphatic rings. The van der Waals surface area contributed by atoms with E-state index in [1.807, 2.05) is 12.1 Å². The van der Waals surface area contributed by atoms with Gasteiger partial charge in [-0.1, -0.05) is 18.2 Å². The van der Waals surface area contributed by atoms with Crippen molar-refractivity contribution in [2.75, 3.05) is 32.5 Å². The summed E-state index contributed by atoms with van der Waals surface area (Å²) in [6.45, 7) is 1.00. The summed E-state index contributed by atoms with van der Waals surface area (Å²) in [6.07, 6.45) is 3.41. The molecule has 122 valence electrons. The lowest BCUT2D eigenvalue weighted by Crippen LogP contribution is -2.39. The summed E-state index contributed by atoms with van der Waals surface area (Å²) in [5.41, 5.74) is 1.26. The summed E-state index contributed by atoms with van der Waals surface area (Å²) in [5.74, 6) is -0.608. The summed E-state index contributed by atoms with van der Waals surface area (Å²) in [5, 5.41) is 5.98. The predicted octanol–water partition coefficient (Wildman–Crippen LogP) is 2.05. The highest BCUT2D eigenvalue weighted by Crippen LogP contribution is 2.21. The number of nitrogens with one attached hydrogen (secondary N) is 2. The second kappa shape index (κ2) is 8.24. The molecule has 0 aliphatic carbocycles. The second-order valence-corrected chi connectivity index (χ2v) is 5.35. The number of pyridine rings is 1. The summed E-state index contributed by atoms with van der Waals surface area (Å²) >= 11 is 0. The minimum Gasteiger partial charge on any atom is -0.382 e. The molecule has 6 heteroatoms. The number of carbonyl (C=O) groups excluding carboxylic acids is 1. The van der Waals surface area contributed by atoms with Gasteiger partial charge in [0.15, 0.2) is 0 Å². The van der Waals surface area contributed by atoms with E-state index in [2.05, 4.69) is 15.6 Å². The van der Waals surface area contributed by atoms with Crippen molar-refractivity contribution in [3.8, 4) is 0 Å². The summed E-state index contributed by atoms with van der Waals surface area (Å²) in [7, 11) is 3.51. The van der Waals surface area contributed by atoms with Crippen molar-refractivity contribution in [3.63, 3.8) is 0 Å². The number of halogens is 1. The van der Waals surface area contributed by atoms with E-state index in [1.165, 1.54) is 6.07 Å². The molecule has 5 nitrogen and oxygen atoms in total. The first kappa shape index (κ1) is 16.9. The van der Waals surface area contributed by atoms with E-state index in [0.717, 1.165) is 5.69 Å². The Morgan fingerprint density at radius 1 is 1.22 bits per heavy atom. The Labute approximate surface area is 135 Å². The van der Waals surface area contributed by atoms with Crippen LogP contribution in [0.1, 0.15) is 11.6 Å². The molecule has 0 fully saturated rings. The maximum atomic E-state index is 13.9. The number of rotatable bonds is 7. The van der Waals surface area contributed by atoms with Gasteiger partial charge >= 0.3 is 0 Å². The van der Waals surface area contributed by atoms with Crippen molar-refractivity contribution in [2.45, 2.75) is 6.04 Å². The molecule has 0 unspecified atom stereocenters. The Morgan fingerprint density at radius 2 is 2.00 bits per heavy atom. The SMILES string of the molecule is CN(C)[C@H](C(=O)NCCNc1cccnc1)c1ccccc1F. The monoisotopic (exact) mass is 316 g/mol. The molecular formula is C17H21FN4O. The third-order valence-corrected chi connectivity index (χ3v) is 3.38. The van der Waals surface area contributed by atoms with Gasteiger partial charge in [-0.25, -0.2) is 4.39 Å². The third-order valence-electron chi connectivity index (χ3n) is 3.38. The van der Waals surface area contributed by atoms with Gasteiger partial charge in [0.05, 0.1) is 5.69 Å². The zero-order valence-electron chi connectivity index (χ0n) is 13.3. The Hall–Kier alpha value is -2.47. The smallest absolute Gasteiger partial charge is 0.242 e. The fraction of sp³-hybridized carbons (Fsp3) is 0.294. The van der Waals surface area contributed by atoms with Crippen LogP contribution in [0.15, 0.2) is 48.8 Å². The minimum atomic E-state index is -0.658. The van der Waals surface area contributed by atoms with E-state index in [0.29, 0.717) is 18.7 Å². The Kier molecular flexibility index (Phi) is 6.05. The Morgan fingerprint density at radius 3 is 2.65 bits per heavy atom. The average molecular weight is 316 g/mol. The summed E-state index contributed by atoms with van der Waals surface area (Å²) in [6, 6.07) is 9.41. The molecule has 1 atom stereocenters. The average Bonchev–Trinajstić information content (AvgIpc) is 2.54. The third kappa shape index (κ3) is 4.75. The molecule has 0 aliphatic heterocycles. The van der Waals surface area contributed by atoms with Gasteiger partial charge < -0.3 is 10.6 Å². The van der Waals surface area contributed by atoms with Gasteiger partial charge in [-0.2, -0.15) is 0 Å². The largest absolute Gasteiger partial charge is 0.382 e. The number of hydrogen-bond donors (Lipinski definition) is 2. The molecule has 0 saturated heterocycles. The van der Waals surface area contributed by atoms with E-state index in [9.17, 15) is 9.18 Å². The number of anilines is 1. The van der Waals surface area contributed by atoms with Crippen LogP contribution >= 0.6 is 0 Å². The maximum Gasteiger partial charge on any atom is 0.242 e. The number of likely N-dealkylation sites (N-methyl/N-ethyl adjacent to an activating group) is 1. The zero-order chi connectivity index (χ0) is 16.7. The molecule has 0 bridgehead atoms. The molecule has 0 radical (unpaired) electrons. The van der Waals surface area contributed by atoms with Gasteiger partial charge in [-0.05, 0) is 32.3 Å². The Bertz CT molecular complexity index is 634. The number of amides is 1. The quantitative estimate of drug-likeness (QED) is 0.768. The molecule has 1 heterocycles. The lowest BCUT2D eigenvalue weighted by atomic mass is 10.0. The van der Waals surface area contributed by atoms with E-state index >= 15 is 0 Å². The number of benzene rings is 1. The van der Waals surface area contributed by atoms with E-state index < -0.39 is 6.04 Å². The summed E-state index contributed by atoms with van der Waals surface area (Å²) < 4.78 is 13.9. The molecule has 2 N–H and O–H groups in total. The maximum absolute atomic E-state index is 13.9. The van der Waals surface area contributed by atoms with Gasteiger partial charge in [-0.3, -0.25) is 14.7 Å².